The Balaban J connectivity index is 0.00000196. The molecule has 0 amide bonds. The van der Waals surface area contributed by atoms with Crippen LogP contribution < -0.4 is 0 Å². The minimum absolute atomic E-state index is 0. The van der Waals surface area contributed by atoms with E-state index in [1.165, 1.54) is 6.07 Å². The van der Waals surface area contributed by atoms with E-state index in [0.717, 1.165) is 0 Å². The number of para-hydroxylation sites is 1. The van der Waals surface area contributed by atoms with Gasteiger partial charge in [0, 0.05) is 13.0 Å². The van der Waals surface area contributed by atoms with Crippen molar-refractivity contribution in [1.82, 2.24) is 4.90 Å². The molecule has 0 saturated heterocycles. The molecule has 0 aromatic heterocycles. The van der Waals surface area contributed by atoms with Gasteiger partial charge in [-0.1, -0.05) is 12.1 Å². The molecule has 15 heavy (non-hydrogen) atoms. The van der Waals surface area contributed by atoms with Crippen LogP contribution in [-0.2, 0) is 0 Å². The molecule has 1 N–H and O–H groups in total. The van der Waals surface area contributed by atoms with Gasteiger partial charge in [-0.25, -0.2) is 0 Å². The lowest BCUT2D eigenvalue weighted by Gasteiger charge is -2.08. The molecular weight excluding hydrogens is 214 g/mol. The van der Waals surface area contributed by atoms with Gasteiger partial charge in [0.05, 0.1) is 5.56 Å². The molecule has 3 nitrogen and oxygen atoms in total. The number of hydrogen-bond donors (Lipinski definition) is 1. The zero-order chi connectivity index (χ0) is 10.6. The highest BCUT2D eigenvalue weighted by atomic mass is 35.5. The summed E-state index contributed by atoms with van der Waals surface area (Å²) in [5, 5.41) is 9.41. The molecule has 0 atom stereocenters. The van der Waals surface area contributed by atoms with Crippen LogP contribution in [0.2, 0.25) is 0 Å². The quantitative estimate of drug-likeness (QED) is 0.803. The Labute approximate surface area is 96.1 Å². The number of aromatic hydroxyl groups is 1. The van der Waals surface area contributed by atoms with Crippen molar-refractivity contribution < 1.29 is 9.90 Å². The molecular formula is C11H16ClNO2. The average Bonchev–Trinajstić information content (AvgIpc) is 2.15. The molecule has 0 bridgehead atoms. The molecule has 0 unspecified atom stereocenters. The molecule has 0 aliphatic rings. The van der Waals surface area contributed by atoms with Crippen molar-refractivity contribution in [1.29, 1.82) is 0 Å². The Morgan fingerprint density at radius 2 is 1.93 bits per heavy atom. The van der Waals surface area contributed by atoms with Gasteiger partial charge in [0.15, 0.2) is 5.78 Å². The lowest BCUT2D eigenvalue weighted by molar-refractivity contribution is 0.0970. The van der Waals surface area contributed by atoms with Crippen molar-refractivity contribution in [2.45, 2.75) is 6.42 Å². The van der Waals surface area contributed by atoms with Gasteiger partial charge in [0.1, 0.15) is 5.75 Å². The first-order valence-corrected chi connectivity index (χ1v) is 4.57. The first kappa shape index (κ1) is 13.9. The molecule has 1 aromatic carbocycles. The topological polar surface area (TPSA) is 40.5 Å². The Morgan fingerprint density at radius 1 is 1.33 bits per heavy atom. The van der Waals surface area contributed by atoms with Crippen LogP contribution in [0.5, 0.6) is 5.75 Å². The minimum Gasteiger partial charge on any atom is -0.507 e. The monoisotopic (exact) mass is 229 g/mol. The normalized spacial score (nSPS) is 9.80. The van der Waals surface area contributed by atoms with Gasteiger partial charge >= 0.3 is 0 Å². The van der Waals surface area contributed by atoms with Crippen molar-refractivity contribution in [3.63, 3.8) is 0 Å². The number of halogens is 1. The van der Waals surface area contributed by atoms with Crippen molar-refractivity contribution in [3.8, 4) is 5.75 Å². The molecule has 0 aliphatic heterocycles. The van der Waals surface area contributed by atoms with Crippen LogP contribution in [0.4, 0.5) is 0 Å². The molecule has 0 spiro atoms. The molecule has 1 aromatic rings. The van der Waals surface area contributed by atoms with Crippen LogP contribution >= 0.6 is 12.4 Å². The lowest BCUT2D eigenvalue weighted by Crippen LogP contribution is -2.16. The summed E-state index contributed by atoms with van der Waals surface area (Å²) >= 11 is 0. The Hall–Kier alpha value is -1.06. The van der Waals surface area contributed by atoms with E-state index in [4.69, 9.17) is 0 Å². The van der Waals surface area contributed by atoms with E-state index in [9.17, 15) is 9.90 Å². The van der Waals surface area contributed by atoms with E-state index >= 15 is 0 Å². The number of rotatable bonds is 4. The Kier molecular flexibility index (Phi) is 5.97. The van der Waals surface area contributed by atoms with Gasteiger partial charge in [-0.05, 0) is 26.2 Å². The smallest absolute Gasteiger partial charge is 0.167 e. The van der Waals surface area contributed by atoms with Crippen LogP contribution in [0.1, 0.15) is 16.8 Å². The summed E-state index contributed by atoms with van der Waals surface area (Å²) in [4.78, 5) is 13.5. The van der Waals surface area contributed by atoms with Gasteiger partial charge in [-0.2, -0.15) is 0 Å². The highest BCUT2D eigenvalue weighted by molar-refractivity contribution is 5.98. The molecule has 0 fully saturated rings. The highest BCUT2D eigenvalue weighted by Crippen LogP contribution is 2.17. The third-order valence-electron chi connectivity index (χ3n) is 1.99. The largest absolute Gasteiger partial charge is 0.507 e. The second-order valence-corrected chi connectivity index (χ2v) is 3.49. The summed E-state index contributed by atoms with van der Waals surface area (Å²) in [6.07, 6.45) is 0.435. The maximum absolute atomic E-state index is 11.6. The summed E-state index contributed by atoms with van der Waals surface area (Å²) in [6.45, 7) is 0.702. The molecule has 1 rings (SSSR count). The number of carbonyl (C=O) groups is 1. The number of carbonyl (C=O) groups excluding carboxylic acids is 1. The number of nitrogens with zero attached hydrogens (tertiary/aromatic N) is 1. The van der Waals surface area contributed by atoms with Gasteiger partial charge in [0.2, 0.25) is 0 Å². The Bertz CT molecular complexity index is 326. The van der Waals surface area contributed by atoms with Gasteiger partial charge in [-0.15, -0.1) is 12.4 Å². The molecule has 84 valence electrons. The van der Waals surface area contributed by atoms with E-state index in [2.05, 4.69) is 0 Å². The van der Waals surface area contributed by atoms with Crippen molar-refractivity contribution in [2.75, 3.05) is 20.6 Å². The van der Waals surface area contributed by atoms with Crippen LogP contribution in [0.3, 0.4) is 0 Å². The summed E-state index contributed by atoms with van der Waals surface area (Å²) in [6, 6.07) is 6.64. The molecule has 0 heterocycles. The zero-order valence-corrected chi connectivity index (χ0v) is 9.75. The number of hydrogen-bond acceptors (Lipinski definition) is 3. The summed E-state index contributed by atoms with van der Waals surface area (Å²) in [7, 11) is 3.83. The maximum atomic E-state index is 11.6. The molecule has 4 heteroatoms. The summed E-state index contributed by atoms with van der Waals surface area (Å²) in [5.41, 5.74) is 0.411. The van der Waals surface area contributed by atoms with E-state index in [-0.39, 0.29) is 23.9 Å². The first-order chi connectivity index (χ1) is 6.61. The van der Waals surface area contributed by atoms with Gasteiger partial charge in [0.25, 0.3) is 0 Å². The second-order valence-electron chi connectivity index (χ2n) is 3.49. The number of benzene rings is 1. The highest BCUT2D eigenvalue weighted by Gasteiger charge is 2.09. The molecule has 0 aliphatic carbocycles. The predicted octanol–water partition coefficient (Wildman–Crippen LogP) is 1.95. The van der Waals surface area contributed by atoms with Crippen LogP contribution in [-0.4, -0.2) is 36.4 Å². The molecule has 0 radical (unpaired) electrons. The second kappa shape index (κ2) is 6.43. The van der Waals surface area contributed by atoms with Gasteiger partial charge < -0.3 is 10.0 Å². The average molecular weight is 230 g/mol. The van der Waals surface area contributed by atoms with Crippen molar-refractivity contribution in [3.05, 3.63) is 29.8 Å². The molecule has 0 saturated carbocycles. The predicted molar refractivity (Wildman–Crippen MR) is 62.9 cm³/mol. The standard InChI is InChI=1S/C11H15NO2.ClH/c1-12(2)8-7-11(14)9-5-3-4-6-10(9)13;/h3-6,13H,7-8H2,1-2H3;1H. The van der Waals surface area contributed by atoms with Crippen LogP contribution in [0.25, 0.3) is 0 Å². The van der Waals surface area contributed by atoms with Crippen LogP contribution in [0, 0.1) is 0 Å². The third kappa shape index (κ3) is 4.32. The van der Waals surface area contributed by atoms with E-state index < -0.39 is 0 Å². The lowest BCUT2D eigenvalue weighted by atomic mass is 10.1. The number of ketones is 1. The number of phenolic OH excluding ortho intramolecular Hbond substituents is 1. The van der Waals surface area contributed by atoms with E-state index in [0.29, 0.717) is 18.5 Å². The van der Waals surface area contributed by atoms with Gasteiger partial charge in [-0.3, -0.25) is 4.79 Å². The fourth-order valence-corrected chi connectivity index (χ4v) is 1.17. The third-order valence-corrected chi connectivity index (χ3v) is 1.99. The summed E-state index contributed by atoms with van der Waals surface area (Å²) in [5.74, 6) is 0.0491. The Morgan fingerprint density at radius 3 is 2.47 bits per heavy atom. The SMILES string of the molecule is CN(C)CCC(=O)c1ccccc1O.Cl. The minimum atomic E-state index is -0.0169. The fourth-order valence-electron chi connectivity index (χ4n) is 1.17. The zero-order valence-electron chi connectivity index (χ0n) is 8.93. The first-order valence-electron chi connectivity index (χ1n) is 4.57. The number of phenols is 1. The summed E-state index contributed by atoms with van der Waals surface area (Å²) < 4.78 is 0. The van der Waals surface area contributed by atoms with Crippen molar-refractivity contribution >= 4 is 18.2 Å². The van der Waals surface area contributed by atoms with E-state index in [1.807, 2.05) is 19.0 Å². The number of Topliss-reactive ketones (excluding diaryl/α,β-unsaturated/α-hetero) is 1. The van der Waals surface area contributed by atoms with Crippen LogP contribution in [0.15, 0.2) is 24.3 Å². The maximum Gasteiger partial charge on any atom is 0.167 e. The fraction of sp³-hybridized carbons (Fsp3) is 0.364. The van der Waals surface area contributed by atoms with Crippen molar-refractivity contribution in [2.24, 2.45) is 0 Å². The van der Waals surface area contributed by atoms with E-state index in [1.54, 1.807) is 18.2 Å².